The lowest BCUT2D eigenvalue weighted by molar-refractivity contribution is 0.123. The van der Waals surface area contributed by atoms with Crippen LogP contribution in [0.4, 0.5) is 15.3 Å². The van der Waals surface area contributed by atoms with Gasteiger partial charge in [0, 0.05) is 22.3 Å². The van der Waals surface area contributed by atoms with Crippen LogP contribution in [0.5, 0.6) is 0 Å². The predicted molar refractivity (Wildman–Crippen MR) is 96.9 cm³/mol. The van der Waals surface area contributed by atoms with Crippen molar-refractivity contribution in [2.24, 2.45) is 0 Å². The average Bonchev–Trinajstić information content (AvgIpc) is 3.17. The molecule has 3 heterocycles. The number of ether oxygens (including phenoxy) is 2. The van der Waals surface area contributed by atoms with Crippen LogP contribution in [0.15, 0.2) is 18.2 Å². The molecule has 2 amide bonds. The molecule has 2 fully saturated rings. The molecule has 8 heteroatoms. The molecule has 7 nitrogen and oxygen atoms in total. The van der Waals surface area contributed by atoms with Gasteiger partial charge in [0.1, 0.15) is 6.10 Å². The van der Waals surface area contributed by atoms with Crippen molar-refractivity contribution in [1.82, 2.24) is 5.32 Å². The number of methoxy groups -OCH3 is 1. The third-order valence-corrected chi connectivity index (χ3v) is 6.88. The van der Waals surface area contributed by atoms with Crippen molar-refractivity contribution in [3.05, 3.63) is 29.3 Å². The van der Waals surface area contributed by atoms with E-state index in [4.69, 9.17) is 4.74 Å². The minimum Gasteiger partial charge on any atom is -0.453 e. The Morgan fingerprint density at radius 1 is 1.38 bits per heavy atom. The number of carbonyl (C=O) groups is 2. The molecule has 0 aliphatic carbocycles. The summed E-state index contributed by atoms with van der Waals surface area (Å²) in [6.45, 7) is 0.231. The van der Waals surface area contributed by atoms with Gasteiger partial charge in [-0.05, 0) is 42.4 Å². The predicted octanol–water partition coefficient (Wildman–Crippen LogP) is 1.92. The maximum absolute atomic E-state index is 12.3. The van der Waals surface area contributed by atoms with Gasteiger partial charge >= 0.3 is 12.2 Å². The monoisotopic (exact) mass is 378 g/mol. The van der Waals surface area contributed by atoms with E-state index in [2.05, 4.69) is 22.2 Å². The summed E-state index contributed by atoms with van der Waals surface area (Å²) in [6, 6.07) is 6.15. The number of hydrogen-bond acceptors (Lipinski definition) is 5. The van der Waals surface area contributed by atoms with E-state index in [1.165, 1.54) is 12.7 Å². The molecule has 140 valence electrons. The molecule has 2 saturated heterocycles. The van der Waals surface area contributed by atoms with E-state index >= 15 is 0 Å². The largest absolute Gasteiger partial charge is 0.453 e. The summed E-state index contributed by atoms with van der Waals surface area (Å²) in [5, 5.41) is 2.61. The standard InChI is InChI=1S/C18H22N2O5S/c1-24-17(21)19-10-16-15-9-13-8-12(11-4-6-26(23)7-5-11)2-3-14(13)20(15)18(22)25-16/h2-3,8,11,15-16H,4-7,9-10H2,1H3,(H,19,21)/t11?,15-,16-,26?/m0/s1. The van der Waals surface area contributed by atoms with E-state index in [1.807, 2.05) is 6.07 Å². The van der Waals surface area contributed by atoms with Crippen molar-refractivity contribution >= 4 is 28.7 Å². The minimum absolute atomic E-state index is 0.108. The molecule has 1 aromatic carbocycles. The van der Waals surface area contributed by atoms with E-state index in [-0.39, 0.29) is 18.7 Å². The zero-order valence-corrected chi connectivity index (χ0v) is 15.4. The van der Waals surface area contributed by atoms with E-state index in [0.29, 0.717) is 12.3 Å². The topological polar surface area (TPSA) is 84.9 Å². The maximum Gasteiger partial charge on any atom is 0.415 e. The number of hydrogen-bond donors (Lipinski definition) is 1. The molecule has 1 aromatic rings. The van der Waals surface area contributed by atoms with Crippen LogP contribution < -0.4 is 10.2 Å². The first-order valence-corrected chi connectivity index (χ1v) is 10.3. The number of fused-ring (bicyclic) bond motifs is 3. The molecule has 4 rings (SSSR count). The van der Waals surface area contributed by atoms with Crippen LogP contribution in [0.25, 0.3) is 0 Å². The molecular formula is C18H22N2O5S. The quantitative estimate of drug-likeness (QED) is 0.869. The summed E-state index contributed by atoms with van der Waals surface area (Å²) >= 11 is 0. The number of carbonyl (C=O) groups excluding carboxylic acids is 2. The third kappa shape index (κ3) is 3.06. The second-order valence-corrected chi connectivity index (χ2v) is 8.64. The Labute approximate surface area is 154 Å². The zero-order valence-electron chi connectivity index (χ0n) is 14.6. The Morgan fingerprint density at radius 3 is 2.88 bits per heavy atom. The smallest absolute Gasteiger partial charge is 0.415 e. The Balaban J connectivity index is 1.50. The van der Waals surface area contributed by atoms with Crippen molar-refractivity contribution in [3.8, 4) is 0 Å². The minimum atomic E-state index is -0.668. The van der Waals surface area contributed by atoms with Crippen LogP contribution in [0.1, 0.15) is 29.9 Å². The number of alkyl carbamates (subject to hydrolysis) is 1. The highest BCUT2D eigenvalue weighted by Gasteiger charge is 2.47. The molecule has 0 bridgehead atoms. The Bertz CT molecular complexity index is 758. The van der Waals surface area contributed by atoms with E-state index in [0.717, 1.165) is 35.6 Å². The molecule has 0 spiro atoms. The highest BCUT2D eigenvalue weighted by molar-refractivity contribution is 7.85. The van der Waals surface area contributed by atoms with Gasteiger partial charge in [-0.2, -0.15) is 0 Å². The molecule has 0 radical (unpaired) electrons. The van der Waals surface area contributed by atoms with Crippen molar-refractivity contribution < 1.29 is 23.3 Å². The van der Waals surface area contributed by atoms with Crippen LogP contribution in [0, 0.1) is 0 Å². The third-order valence-electron chi connectivity index (χ3n) is 5.49. The zero-order chi connectivity index (χ0) is 18.3. The van der Waals surface area contributed by atoms with E-state index in [9.17, 15) is 13.8 Å². The number of nitrogens with one attached hydrogen (secondary N) is 1. The normalized spacial score (nSPS) is 29.7. The van der Waals surface area contributed by atoms with Crippen molar-refractivity contribution in [2.75, 3.05) is 30.1 Å². The number of nitrogens with zero attached hydrogens (tertiary/aromatic N) is 1. The number of cyclic esters (lactones) is 1. The number of anilines is 1. The lowest BCUT2D eigenvalue weighted by atomic mass is 9.91. The number of amides is 2. The van der Waals surface area contributed by atoms with Gasteiger partial charge in [0.2, 0.25) is 0 Å². The molecule has 26 heavy (non-hydrogen) atoms. The van der Waals surface area contributed by atoms with Gasteiger partial charge in [-0.1, -0.05) is 12.1 Å². The van der Waals surface area contributed by atoms with Crippen LogP contribution in [0.3, 0.4) is 0 Å². The first-order valence-electron chi connectivity index (χ1n) is 8.86. The summed E-state index contributed by atoms with van der Waals surface area (Å²) in [7, 11) is 0.633. The van der Waals surface area contributed by atoms with Gasteiger partial charge < -0.3 is 14.8 Å². The molecule has 3 aliphatic rings. The van der Waals surface area contributed by atoms with E-state index in [1.54, 1.807) is 4.90 Å². The Kier molecular flexibility index (Phi) is 4.60. The van der Waals surface area contributed by atoms with Gasteiger partial charge in [0.05, 0.1) is 25.4 Å². The molecule has 1 N–H and O–H groups in total. The average molecular weight is 378 g/mol. The van der Waals surface area contributed by atoms with Crippen LogP contribution in [0.2, 0.25) is 0 Å². The first-order chi connectivity index (χ1) is 12.6. The van der Waals surface area contributed by atoms with Crippen molar-refractivity contribution in [1.29, 1.82) is 0 Å². The summed E-state index contributed by atoms with van der Waals surface area (Å²) in [5.41, 5.74) is 3.29. The summed E-state index contributed by atoms with van der Waals surface area (Å²) in [6.07, 6.45) is 1.31. The second kappa shape index (κ2) is 6.90. The fourth-order valence-corrected chi connectivity index (χ4v) is 5.41. The van der Waals surface area contributed by atoms with Gasteiger partial charge in [0.25, 0.3) is 0 Å². The Morgan fingerprint density at radius 2 is 2.15 bits per heavy atom. The lowest BCUT2D eigenvalue weighted by Gasteiger charge is -2.22. The highest BCUT2D eigenvalue weighted by atomic mass is 32.2. The van der Waals surface area contributed by atoms with E-state index < -0.39 is 23.0 Å². The van der Waals surface area contributed by atoms with Crippen molar-refractivity contribution in [3.63, 3.8) is 0 Å². The molecular weight excluding hydrogens is 356 g/mol. The first kappa shape index (κ1) is 17.3. The van der Waals surface area contributed by atoms with Gasteiger partial charge in [0.15, 0.2) is 0 Å². The summed E-state index contributed by atoms with van der Waals surface area (Å²) in [4.78, 5) is 25.3. The van der Waals surface area contributed by atoms with Crippen LogP contribution in [-0.4, -0.2) is 53.7 Å². The van der Waals surface area contributed by atoms with Gasteiger partial charge in [-0.25, -0.2) is 9.59 Å². The molecule has 2 atom stereocenters. The molecule has 0 aromatic heterocycles. The summed E-state index contributed by atoms with van der Waals surface area (Å²) < 4.78 is 21.6. The fraction of sp³-hybridized carbons (Fsp3) is 0.556. The maximum atomic E-state index is 12.3. The number of rotatable bonds is 3. The Hall–Kier alpha value is -2.09. The molecule has 3 aliphatic heterocycles. The number of benzene rings is 1. The highest BCUT2D eigenvalue weighted by Crippen LogP contribution is 2.41. The van der Waals surface area contributed by atoms with Crippen LogP contribution in [-0.2, 0) is 26.7 Å². The van der Waals surface area contributed by atoms with Gasteiger partial charge in [-0.15, -0.1) is 0 Å². The van der Waals surface area contributed by atoms with Crippen molar-refractivity contribution in [2.45, 2.75) is 37.3 Å². The SMILES string of the molecule is COC(=O)NC[C@@H]1OC(=O)N2c3ccc(C4CCS(=O)CC4)cc3C[C@@H]12. The molecule has 0 unspecified atom stereocenters. The summed E-state index contributed by atoms with van der Waals surface area (Å²) in [5.74, 6) is 1.98. The molecule has 0 saturated carbocycles. The lowest BCUT2D eigenvalue weighted by Crippen LogP contribution is -2.40. The van der Waals surface area contributed by atoms with Crippen LogP contribution >= 0.6 is 0 Å². The second-order valence-electron chi connectivity index (χ2n) is 6.95. The fourth-order valence-electron chi connectivity index (χ4n) is 4.11. The van der Waals surface area contributed by atoms with Gasteiger partial charge in [-0.3, -0.25) is 9.11 Å².